The molecule has 22 heavy (non-hydrogen) atoms. The van der Waals surface area contributed by atoms with E-state index in [2.05, 4.69) is 36.3 Å². The van der Waals surface area contributed by atoms with Crippen molar-refractivity contribution >= 4 is 27.7 Å². The molecule has 1 aliphatic carbocycles. The van der Waals surface area contributed by atoms with E-state index in [1.54, 1.807) is 6.07 Å². The van der Waals surface area contributed by atoms with Gasteiger partial charge in [0.25, 0.3) is 0 Å². The summed E-state index contributed by atoms with van der Waals surface area (Å²) in [6.45, 7) is -0.927. The molecule has 1 saturated heterocycles. The number of piperidine rings is 1. The Morgan fingerprint density at radius 3 is 3.09 bits per heavy atom. The maximum absolute atomic E-state index is 12.3. The van der Waals surface area contributed by atoms with Crippen LogP contribution in [0.4, 0.5) is 14.6 Å². The van der Waals surface area contributed by atoms with Crippen LogP contribution in [-0.4, -0.2) is 36.2 Å². The van der Waals surface area contributed by atoms with Gasteiger partial charge >= 0.3 is 6.61 Å². The molecule has 1 aliphatic heterocycles. The Bertz CT molecular complexity index is 601. The summed E-state index contributed by atoms with van der Waals surface area (Å²) < 4.78 is 29.4. The standard InChI is InChI=1S/C14H16BrF2N3O2/c1-7-2-3-10(15)19-11(7)20-12(21)8-4-14(5-9(14)18-8)6-22-13(16)17/h2-3,8-9,13,18H,4-6H2,1H3,(H,19,20,21)/t8-,9+,14-/m0/s1. The van der Waals surface area contributed by atoms with Crippen molar-refractivity contribution in [2.45, 2.75) is 38.5 Å². The highest BCUT2D eigenvalue weighted by Gasteiger charge is 2.61. The zero-order chi connectivity index (χ0) is 15.9. The monoisotopic (exact) mass is 375 g/mol. The van der Waals surface area contributed by atoms with Gasteiger partial charge in [0, 0.05) is 11.5 Å². The van der Waals surface area contributed by atoms with Gasteiger partial charge in [-0.3, -0.25) is 4.79 Å². The van der Waals surface area contributed by atoms with Crippen LogP contribution >= 0.6 is 15.9 Å². The van der Waals surface area contributed by atoms with E-state index in [1.165, 1.54) is 0 Å². The molecule has 1 aromatic rings. The number of fused-ring (bicyclic) bond motifs is 1. The van der Waals surface area contributed by atoms with E-state index >= 15 is 0 Å². The van der Waals surface area contributed by atoms with Crippen molar-refractivity contribution in [1.29, 1.82) is 0 Å². The van der Waals surface area contributed by atoms with Gasteiger partial charge in [-0.1, -0.05) is 6.07 Å². The first-order valence-corrected chi connectivity index (χ1v) is 7.79. The van der Waals surface area contributed by atoms with Crippen LogP contribution in [0.2, 0.25) is 0 Å². The Kier molecular flexibility index (Phi) is 4.17. The third-order valence-corrected chi connectivity index (χ3v) is 4.76. The van der Waals surface area contributed by atoms with E-state index in [1.807, 2.05) is 13.0 Å². The molecular weight excluding hydrogens is 360 g/mol. The number of rotatable bonds is 5. The van der Waals surface area contributed by atoms with Crippen molar-refractivity contribution in [3.05, 3.63) is 22.3 Å². The first-order valence-electron chi connectivity index (χ1n) is 6.99. The summed E-state index contributed by atoms with van der Waals surface area (Å²) >= 11 is 3.26. The van der Waals surface area contributed by atoms with Gasteiger partial charge in [-0.15, -0.1) is 0 Å². The van der Waals surface area contributed by atoms with Crippen molar-refractivity contribution in [2.24, 2.45) is 5.41 Å². The van der Waals surface area contributed by atoms with Crippen molar-refractivity contribution in [2.75, 3.05) is 11.9 Å². The lowest BCUT2D eigenvalue weighted by Gasteiger charge is -2.16. The average molecular weight is 376 g/mol. The van der Waals surface area contributed by atoms with Crippen molar-refractivity contribution in [3.63, 3.8) is 0 Å². The Labute approximate surface area is 134 Å². The molecule has 0 unspecified atom stereocenters. The van der Waals surface area contributed by atoms with Gasteiger partial charge < -0.3 is 15.4 Å². The number of amides is 1. The topological polar surface area (TPSA) is 63.2 Å². The molecule has 0 radical (unpaired) electrons. The minimum atomic E-state index is -2.77. The van der Waals surface area contributed by atoms with Gasteiger partial charge in [0.1, 0.15) is 10.4 Å². The number of halogens is 3. The molecule has 3 atom stereocenters. The van der Waals surface area contributed by atoms with Crippen LogP contribution in [0.1, 0.15) is 18.4 Å². The number of nitrogens with zero attached hydrogens (tertiary/aromatic N) is 1. The number of nitrogens with one attached hydrogen (secondary N) is 2. The Morgan fingerprint density at radius 1 is 1.59 bits per heavy atom. The van der Waals surface area contributed by atoms with E-state index in [9.17, 15) is 13.6 Å². The van der Waals surface area contributed by atoms with E-state index in [0.29, 0.717) is 16.8 Å². The summed E-state index contributed by atoms with van der Waals surface area (Å²) in [6, 6.07) is 3.33. The lowest BCUT2D eigenvalue weighted by Crippen LogP contribution is -2.38. The summed E-state index contributed by atoms with van der Waals surface area (Å²) in [7, 11) is 0. The van der Waals surface area contributed by atoms with Crippen molar-refractivity contribution in [3.8, 4) is 0 Å². The number of hydrogen-bond donors (Lipinski definition) is 2. The smallest absolute Gasteiger partial charge is 0.322 e. The fourth-order valence-electron chi connectivity index (χ4n) is 2.97. The van der Waals surface area contributed by atoms with Crippen LogP contribution in [-0.2, 0) is 9.53 Å². The molecule has 0 spiro atoms. The van der Waals surface area contributed by atoms with Gasteiger partial charge in [-0.05, 0) is 47.3 Å². The SMILES string of the molecule is Cc1ccc(Br)nc1NC(=O)[C@@H]1C[C@@]2(COC(F)F)C[C@H]2N1. The Morgan fingerprint density at radius 2 is 2.36 bits per heavy atom. The van der Waals surface area contributed by atoms with E-state index in [4.69, 9.17) is 0 Å². The first kappa shape index (κ1) is 15.8. The molecule has 0 bridgehead atoms. The maximum atomic E-state index is 12.3. The summed E-state index contributed by atoms with van der Waals surface area (Å²) in [6.07, 6.45) is 1.28. The molecule has 1 amide bonds. The molecule has 3 rings (SSSR count). The number of anilines is 1. The summed E-state index contributed by atoms with van der Waals surface area (Å²) in [5.41, 5.74) is 0.536. The lowest BCUT2D eigenvalue weighted by atomic mass is 10.0. The van der Waals surface area contributed by atoms with E-state index < -0.39 is 12.7 Å². The second kappa shape index (κ2) is 5.82. The fraction of sp³-hybridized carbons (Fsp3) is 0.571. The number of carbonyl (C=O) groups is 1. The van der Waals surface area contributed by atoms with Gasteiger partial charge in [0.05, 0.1) is 12.6 Å². The highest BCUT2D eigenvalue weighted by atomic mass is 79.9. The quantitative estimate of drug-likeness (QED) is 0.776. The molecule has 1 aromatic heterocycles. The van der Waals surface area contributed by atoms with Crippen molar-refractivity contribution < 1.29 is 18.3 Å². The predicted molar refractivity (Wildman–Crippen MR) is 79.6 cm³/mol. The number of pyridine rings is 1. The maximum Gasteiger partial charge on any atom is 0.345 e. The lowest BCUT2D eigenvalue weighted by molar-refractivity contribution is -0.141. The molecule has 5 nitrogen and oxygen atoms in total. The third-order valence-electron chi connectivity index (χ3n) is 4.32. The molecule has 2 heterocycles. The normalized spacial score (nSPS) is 29.5. The average Bonchev–Trinajstić information content (AvgIpc) is 3.02. The van der Waals surface area contributed by atoms with Crippen LogP contribution in [0.3, 0.4) is 0 Å². The number of ether oxygens (including phenoxy) is 1. The largest absolute Gasteiger partial charge is 0.345 e. The van der Waals surface area contributed by atoms with Gasteiger partial charge in [-0.25, -0.2) is 4.98 Å². The van der Waals surface area contributed by atoms with E-state index in [0.717, 1.165) is 12.0 Å². The Hall–Kier alpha value is -1.12. The Balaban J connectivity index is 1.60. The summed E-state index contributed by atoms with van der Waals surface area (Å²) in [5, 5.41) is 5.95. The number of aryl methyl sites for hydroxylation is 1. The molecule has 120 valence electrons. The van der Waals surface area contributed by atoms with Crippen LogP contribution in [0.5, 0.6) is 0 Å². The summed E-state index contributed by atoms with van der Waals surface area (Å²) in [5.74, 6) is 0.303. The molecule has 8 heteroatoms. The molecule has 2 N–H and O–H groups in total. The number of alkyl halides is 2. The zero-order valence-corrected chi connectivity index (χ0v) is 13.5. The predicted octanol–water partition coefficient (Wildman–Crippen LogP) is 2.45. The zero-order valence-electron chi connectivity index (χ0n) is 11.9. The van der Waals surface area contributed by atoms with Crippen LogP contribution in [0.15, 0.2) is 16.7 Å². The highest BCUT2D eigenvalue weighted by molar-refractivity contribution is 9.10. The molecular formula is C14H16BrF2N3O2. The fourth-order valence-corrected chi connectivity index (χ4v) is 3.28. The van der Waals surface area contributed by atoms with Gasteiger partial charge in [0.15, 0.2) is 0 Å². The molecule has 2 fully saturated rings. The minimum Gasteiger partial charge on any atom is -0.322 e. The second-order valence-electron chi connectivity index (χ2n) is 5.90. The number of hydrogen-bond acceptors (Lipinski definition) is 4. The number of aromatic nitrogens is 1. The molecule has 1 saturated carbocycles. The van der Waals surface area contributed by atoms with Gasteiger partial charge in [0.2, 0.25) is 5.91 Å². The van der Waals surface area contributed by atoms with Crippen LogP contribution in [0.25, 0.3) is 0 Å². The third kappa shape index (κ3) is 3.13. The first-order chi connectivity index (χ1) is 10.4. The van der Waals surface area contributed by atoms with Gasteiger partial charge in [-0.2, -0.15) is 8.78 Å². The highest BCUT2D eigenvalue weighted by Crippen LogP contribution is 2.54. The van der Waals surface area contributed by atoms with Crippen molar-refractivity contribution in [1.82, 2.24) is 10.3 Å². The van der Waals surface area contributed by atoms with Crippen LogP contribution < -0.4 is 10.6 Å². The van der Waals surface area contributed by atoms with Crippen LogP contribution in [0, 0.1) is 12.3 Å². The second-order valence-corrected chi connectivity index (χ2v) is 6.72. The molecule has 2 aliphatic rings. The molecule has 0 aromatic carbocycles. The van der Waals surface area contributed by atoms with E-state index in [-0.39, 0.29) is 24.0 Å². The summed E-state index contributed by atoms with van der Waals surface area (Å²) in [4.78, 5) is 16.5. The minimum absolute atomic E-state index is 0.0136. The number of carbonyl (C=O) groups excluding carboxylic acids is 1.